The Kier molecular flexibility index (Phi) is 5.45. The number of esters is 1. The highest BCUT2D eigenvalue weighted by molar-refractivity contribution is 5.90. The van der Waals surface area contributed by atoms with Crippen LogP contribution in [0.5, 0.6) is 0 Å². The van der Waals surface area contributed by atoms with E-state index >= 15 is 0 Å². The Balaban J connectivity index is 2.17. The Labute approximate surface area is 141 Å². The molecule has 1 aromatic rings. The molecule has 2 heterocycles. The van der Waals surface area contributed by atoms with Gasteiger partial charge in [0.05, 0.1) is 12.7 Å². The van der Waals surface area contributed by atoms with Crippen LogP contribution in [0.15, 0.2) is 12.4 Å². The van der Waals surface area contributed by atoms with Crippen LogP contribution in [0.25, 0.3) is 0 Å². The number of nitrogens with zero attached hydrogens (tertiary/aromatic N) is 4. The second-order valence-electron chi connectivity index (χ2n) is 5.39. The lowest BCUT2D eigenvalue weighted by atomic mass is 10.1. The zero-order chi connectivity index (χ0) is 18.8. The van der Waals surface area contributed by atoms with E-state index in [1.165, 1.54) is 16.9 Å². The van der Waals surface area contributed by atoms with Crippen LogP contribution in [-0.4, -0.2) is 59.2 Å². The van der Waals surface area contributed by atoms with Crippen LogP contribution in [0, 0.1) is 0 Å². The van der Waals surface area contributed by atoms with E-state index in [1.807, 2.05) is 0 Å². The highest BCUT2D eigenvalue weighted by Gasteiger charge is 2.39. The third-order valence-corrected chi connectivity index (χ3v) is 3.91. The summed E-state index contributed by atoms with van der Waals surface area (Å²) in [4.78, 5) is 34.1. The number of amides is 1. The van der Waals surface area contributed by atoms with Crippen LogP contribution in [0.4, 0.5) is 19.1 Å². The van der Waals surface area contributed by atoms with E-state index in [4.69, 9.17) is 5.73 Å². The number of carbonyl (C=O) groups excluding carboxylic acids is 2. The molecule has 0 radical (unpaired) electrons. The summed E-state index contributed by atoms with van der Waals surface area (Å²) in [6, 6.07) is -0.765. The molecular weight excluding hydrogens is 343 g/mol. The third-order valence-electron chi connectivity index (χ3n) is 3.91. The first-order valence-electron chi connectivity index (χ1n) is 7.50. The minimum Gasteiger partial charge on any atom is -0.467 e. The maximum atomic E-state index is 12.6. The van der Waals surface area contributed by atoms with Crippen LogP contribution in [0.2, 0.25) is 0 Å². The van der Waals surface area contributed by atoms with Crippen molar-refractivity contribution in [2.45, 2.75) is 31.7 Å². The van der Waals surface area contributed by atoms with Gasteiger partial charge in [0.15, 0.2) is 6.17 Å². The molecule has 0 spiro atoms. The molecular formula is C14H18F3N5O3. The smallest absolute Gasteiger partial charge is 0.419 e. The van der Waals surface area contributed by atoms with Crippen molar-refractivity contribution >= 4 is 17.8 Å². The molecule has 2 N–H and O–H groups in total. The number of hydrogen-bond donors (Lipinski definition) is 1. The van der Waals surface area contributed by atoms with Gasteiger partial charge in [0.2, 0.25) is 5.95 Å². The van der Waals surface area contributed by atoms with E-state index in [2.05, 4.69) is 14.7 Å². The molecule has 2 rings (SSSR count). The highest BCUT2D eigenvalue weighted by Crippen LogP contribution is 2.28. The number of carbonyl (C=O) groups is 2. The molecule has 1 amide bonds. The Morgan fingerprint density at radius 2 is 2.00 bits per heavy atom. The molecule has 11 heteroatoms. The average Bonchev–Trinajstić information content (AvgIpc) is 2.58. The van der Waals surface area contributed by atoms with E-state index in [9.17, 15) is 22.8 Å². The summed E-state index contributed by atoms with van der Waals surface area (Å²) in [6.45, 7) is 2.04. The highest BCUT2D eigenvalue weighted by atomic mass is 19.4. The largest absolute Gasteiger partial charge is 0.467 e. The fraction of sp³-hybridized carbons (Fsp3) is 0.571. The Morgan fingerprint density at radius 1 is 1.40 bits per heavy atom. The Hall–Kier alpha value is -2.43. The Bertz CT molecular complexity index is 638. The summed E-state index contributed by atoms with van der Waals surface area (Å²) in [7, 11) is 1.22. The van der Waals surface area contributed by atoms with Crippen LogP contribution in [0.1, 0.15) is 18.9 Å². The van der Waals surface area contributed by atoms with Gasteiger partial charge in [-0.15, -0.1) is 0 Å². The van der Waals surface area contributed by atoms with Gasteiger partial charge in [-0.05, 0) is 6.42 Å². The van der Waals surface area contributed by atoms with Gasteiger partial charge in [0.25, 0.3) is 5.91 Å². The summed E-state index contributed by atoms with van der Waals surface area (Å²) in [6.07, 6.45) is -4.14. The van der Waals surface area contributed by atoms with Gasteiger partial charge in [0, 0.05) is 25.5 Å². The number of alkyl halides is 3. The zero-order valence-corrected chi connectivity index (χ0v) is 13.7. The third kappa shape index (κ3) is 3.81. The molecule has 1 aromatic heterocycles. The molecule has 138 valence electrons. The molecule has 2 atom stereocenters. The van der Waals surface area contributed by atoms with E-state index in [-0.39, 0.29) is 19.0 Å². The fourth-order valence-corrected chi connectivity index (χ4v) is 2.57. The van der Waals surface area contributed by atoms with Gasteiger partial charge in [-0.3, -0.25) is 4.79 Å². The number of methoxy groups -OCH3 is 1. The molecule has 25 heavy (non-hydrogen) atoms. The maximum Gasteiger partial charge on any atom is 0.419 e. The normalized spacial score (nSPS) is 19.8. The molecule has 1 aliphatic rings. The standard InChI is InChI=1S/C14H18F3N5O3/c1-3-9(12(24)25-2)21-4-5-22(10(18)11(21)23)13-19-6-8(7-20-13)14(15,16)17/h6-7,9-10H,3-5,18H2,1-2H3/t9-,10-/m0/s1. The van der Waals surface area contributed by atoms with Crippen molar-refractivity contribution in [3.8, 4) is 0 Å². The molecule has 0 bridgehead atoms. The molecule has 1 fully saturated rings. The summed E-state index contributed by atoms with van der Waals surface area (Å²) in [5.41, 5.74) is 4.89. The first-order chi connectivity index (χ1) is 11.7. The van der Waals surface area contributed by atoms with Crippen molar-refractivity contribution in [2.24, 2.45) is 5.73 Å². The minimum atomic E-state index is -4.55. The van der Waals surface area contributed by atoms with Crippen LogP contribution >= 0.6 is 0 Å². The van der Waals surface area contributed by atoms with Crippen molar-refractivity contribution in [2.75, 3.05) is 25.1 Å². The number of anilines is 1. The van der Waals surface area contributed by atoms with Crippen molar-refractivity contribution in [3.63, 3.8) is 0 Å². The summed E-state index contributed by atoms with van der Waals surface area (Å²) < 4.78 is 42.4. The van der Waals surface area contributed by atoms with Gasteiger partial charge in [-0.2, -0.15) is 13.2 Å². The summed E-state index contributed by atoms with van der Waals surface area (Å²) in [5.74, 6) is -1.19. The van der Waals surface area contributed by atoms with Crippen LogP contribution in [-0.2, 0) is 20.5 Å². The van der Waals surface area contributed by atoms with Gasteiger partial charge < -0.3 is 20.3 Å². The van der Waals surface area contributed by atoms with Crippen molar-refractivity contribution in [1.82, 2.24) is 14.9 Å². The summed E-state index contributed by atoms with van der Waals surface area (Å²) >= 11 is 0. The van der Waals surface area contributed by atoms with E-state index in [0.717, 1.165) is 0 Å². The van der Waals surface area contributed by atoms with E-state index in [1.54, 1.807) is 6.92 Å². The number of piperazine rings is 1. The van der Waals surface area contributed by atoms with Gasteiger partial charge in [-0.1, -0.05) is 6.92 Å². The topological polar surface area (TPSA) is 102 Å². The average molecular weight is 361 g/mol. The molecule has 0 saturated carbocycles. The molecule has 8 nitrogen and oxygen atoms in total. The minimum absolute atomic E-state index is 0.0837. The SMILES string of the molecule is CC[C@@H](C(=O)OC)N1CCN(c2ncc(C(F)(F)F)cn2)[C@H](N)C1=O. The van der Waals surface area contributed by atoms with Gasteiger partial charge in [0.1, 0.15) is 6.04 Å². The first-order valence-corrected chi connectivity index (χ1v) is 7.50. The fourth-order valence-electron chi connectivity index (χ4n) is 2.57. The molecule has 1 saturated heterocycles. The maximum absolute atomic E-state index is 12.6. The number of halogens is 3. The van der Waals surface area contributed by atoms with Crippen molar-refractivity contribution in [3.05, 3.63) is 18.0 Å². The van der Waals surface area contributed by atoms with Gasteiger partial charge >= 0.3 is 12.1 Å². The predicted octanol–water partition coefficient (Wildman–Crippen LogP) is 0.380. The lowest BCUT2D eigenvalue weighted by Gasteiger charge is -2.41. The molecule has 0 unspecified atom stereocenters. The number of ether oxygens (including phenoxy) is 1. The lowest BCUT2D eigenvalue weighted by Crippen LogP contribution is -2.64. The number of rotatable bonds is 4. The summed E-state index contributed by atoms with van der Waals surface area (Å²) in [5, 5.41) is 0. The number of aromatic nitrogens is 2. The first kappa shape index (κ1) is 18.9. The van der Waals surface area contributed by atoms with E-state index in [0.29, 0.717) is 18.8 Å². The second-order valence-corrected chi connectivity index (χ2v) is 5.39. The van der Waals surface area contributed by atoms with E-state index < -0.39 is 35.8 Å². The quantitative estimate of drug-likeness (QED) is 0.774. The number of hydrogen-bond acceptors (Lipinski definition) is 7. The second kappa shape index (κ2) is 7.21. The monoisotopic (exact) mass is 361 g/mol. The van der Waals surface area contributed by atoms with Crippen molar-refractivity contribution < 1.29 is 27.5 Å². The predicted molar refractivity (Wildman–Crippen MR) is 80.2 cm³/mol. The van der Waals surface area contributed by atoms with Gasteiger partial charge in [-0.25, -0.2) is 14.8 Å². The van der Waals surface area contributed by atoms with Crippen LogP contribution in [0.3, 0.4) is 0 Å². The zero-order valence-electron chi connectivity index (χ0n) is 13.7. The van der Waals surface area contributed by atoms with Crippen LogP contribution < -0.4 is 10.6 Å². The molecule has 0 aromatic carbocycles. The number of nitrogens with two attached hydrogens (primary N) is 1. The Morgan fingerprint density at radius 3 is 2.48 bits per heavy atom. The molecule has 0 aliphatic carbocycles. The lowest BCUT2D eigenvalue weighted by molar-refractivity contribution is -0.154. The van der Waals surface area contributed by atoms with Crippen molar-refractivity contribution in [1.29, 1.82) is 0 Å². The molecule has 1 aliphatic heterocycles.